The molecule has 0 rings (SSSR count). The highest BCUT2D eigenvalue weighted by atomic mass is 16.4. The minimum absolute atomic E-state index is 0.320. The normalized spacial score (nSPS) is 14.5. The summed E-state index contributed by atoms with van der Waals surface area (Å²) in [5, 5.41) is 8.69. The van der Waals surface area contributed by atoms with Crippen molar-refractivity contribution in [2.75, 3.05) is 0 Å². The Bertz CT molecular complexity index is 189. The van der Waals surface area contributed by atoms with Gasteiger partial charge in [-0.3, -0.25) is 4.79 Å². The molecule has 2 unspecified atom stereocenters. The van der Waals surface area contributed by atoms with Gasteiger partial charge in [0.05, 0.1) is 0 Å². The van der Waals surface area contributed by atoms with Gasteiger partial charge in [0.1, 0.15) is 0 Å². The first-order valence-corrected chi connectivity index (χ1v) is 7.28. The lowest BCUT2D eigenvalue weighted by atomic mass is 9.91. The summed E-state index contributed by atoms with van der Waals surface area (Å²) in [6.07, 6.45) is 10.7. The van der Waals surface area contributed by atoms with Crippen LogP contribution < -0.4 is 0 Å². The Kier molecular flexibility index (Phi) is 10.3. The molecule has 0 aromatic carbocycles. The van der Waals surface area contributed by atoms with Gasteiger partial charge in [0.25, 0.3) is 0 Å². The van der Waals surface area contributed by atoms with E-state index in [9.17, 15) is 4.79 Å². The van der Waals surface area contributed by atoms with Gasteiger partial charge in [-0.15, -0.1) is 0 Å². The fourth-order valence-electron chi connectivity index (χ4n) is 2.46. The average molecular weight is 242 g/mol. The third kappa shape index (κ3) is 11.7. The van der Waals surface area contributed by atoms with Gasteiger partial charge in [-0.1, -0.05) is 65.7 Å². The molecule has 2 atom stereocenters. The zero-order valence-electron chi connectivity index (χ0n) is 11.9. The fraction of sp³-hybridized carbons (Fsp3) is 0.933. The minimum Gasteiger partial charge on any atom is -0.481 e. The van der Waals surface area contributed by atoms with Crippen LogP contribution in [0.25, 0.3) is 0 Å². The zero-order valence-corrected chi connectivity index (χ0v) is 11.9. The van der Waals surface area contributed by atoms with Crippen LogP contribution in [0, 0.1) is 11.8 Å². The molecule has 0 aliphatic carbocycles. The van der Waals surface area contributed by atoms with E-state index in [1.165, 1.54) is 44.9 Å². The van der Waals surface area contributed by atoms with Gasteiger partial charge in [-0.05, 0) is 18.3 Å². The first-order chi connectivity index (χ1) is 8.06. The van der Waals surface area contributed by atoms with Crippen molar-refractivity contribution in [3.8, 4) is 0 Å². The number of carbonyl (C=O) groups is 1. The van der Waals surface area contributed by atoms with E-state index in [2.05, 4.69) is 13.8 Å². The van der Waals surface area contributed by atoms with Crippen LogP contribution in [-0.4, -0.2) is 11.1 Å². The average Bonchev–Trinajstić information content (AvgIpc) is 2.21. The number of unbranched alkanes of at least 4 members (excludes halogenated alkanes) is 5. The van der Waals surface area contributed by atoms with E-state index in [-0.39, 0.29) is 0 Å². The molecule has 0 fully saturated rings. The largest absolute Gasteiger partial charge is 0.481 e. The van der Waals surface area contributed by atoms with Gasteiger partial charge >= 0.3 is 5.97 Å². The van der Waals surface area contributed by atoms with Gasteiger partial charge < -0.3 is 5.11 Å². The minimum atomic E-state index is -0.663. The molecule has 102 valence electrons. The number of hydrogen-bond donors (Lipinski definition) is 1. The Morgan fingerprint density at radius 3 is 2.18 bits per heavy atom. The second kappa shape index (κ2) is 10.6. The van der Waals surface area contributed by atoms with Crippen LogP contribution in [0.3, 0.4) is 0 Å². The molecule has 2 heteroatoms. The van der Waals surface area contributed by atoms with E-state index in [0.29, 0.717) is 18.3 Å². The van der Waals surface area contributed by atoms with Crippen LogP contribution in [0.5, 0.6) is 0 Å². The Morgan fingerprint density at radius 1 is 1.00 bits per heavy atom. The molecule has 0 spiro atoms. The maximum absolute atomic E-state index is 10.6. The van der Waals surface area contributed by atoms with E-state index in [1.54, 1.807) is 0 Å². The molecule has 0 radical (unpaired) electrons. The quantitative estimate of drug-likeness (QED) is 0.525. The summed E-state index contributed by atoms with van der Waals surface area (Å²) in [6.45, 7) is 6.54. The standard InChI is InChI=1S/C15H30O2/c1-4-5-6-7-8-9-10-13(2)11-14(3)12-15(16)17/h13-14H,4-12H2,1-3H3,(H,16,17). The first kappa shape index (κ1) is 16.5. The summed E-state index contributed by atoms with van der Waals surface area (Å²) >= 11 is 0. The fourth-order valence-corrected chi connectivity index (χ4v) is 2.46. The number of hydrogen-bond acceptors (Lipinski definition) is 1. The predicted octanol–water partition coefficient (Wildman–Crippen LogP) is 4.87. The van der Waals surface area contributed by atoms with Crippen molar-refractivity contribution in [3.63, 3.8) is 0 Å². The molecule has 0 saturated carbocycles. The van der Waals surface area contributed by atoms with E-state index in [0.717, 1.165) is 6.42 Å². The smallest absolute Gasteiger partial charge is 0.303 e. The summed E-state index contributed by atoms with van der Waals surface area (Å²) in [5.41, 5.74) is 0. The Morgan fingerprint density at radius 2 is 1.59 bits per heavy atom. The third-order valence-corrected chi connectivity index (χ3v) is 3.38. The maximum atomic E-state index is 10.6. The van der Waals surface area contributed by atoms with Crippen LogP contribution in [0.15, 0.2) is 0 Å². The molecule has 1 N–H and O–H groups in total. The molecule has 0 heterocycles. The molecule has 0 aliphatic rings. The summed E-state index contributed by atoms with van der Waals surface area (Å²) in [4.78, 5) is 10.6. The van der Waals surface area contributed by atoms with E-state index in [1.807, 2.05) is 6.92 Å². The number of rotatable bonds is 11. The summed E-state index contributed by atoms with van der Waals surface area (Å²) < 4.78 is 0. The molecule has 0 aliphatic heterocycles. The number of carboxylic acid groups (broad SMARTS) is 1. The van der Waals surface area contributed by atoms with Crippen molar-refractivity contribution < 1.29 is 9.90 Å². The summed E-state index contributed by atoms with van der Waals surface area (Å²) in [5.74, 6) is 0.336. The molecule has 0 aromatic heterocycles. The van der Waals surface area contributed by atoms with Gasteiger partial charge in [-0.2, -0.15) is 0 Å². The van der Waals surface area contributed by atoms with Crippen LogP contribution >= 0.6 is 0 Å². The first-order valence-electron chi connectivity index (χ1n) is 7.28. The summed E-state index contributed by atoms with van der Waals surface area (Å²) in [7, 11) is 0. The molecule has 17 heavy (non-hydrogen) atoms. The van der Waals surface area contributed by atoms with Crippen molar-refractivity contribution >= 4 is 5.97 Å². The molecule has 0 bridgehead atoms. The van der Waals surface area contributed by atoms with Gasteiger partial charge in [0.15, 0.2) is 0 Å². The van der Waals surface area contributed by atoms with E-state index >= 15 is 0 Å². The Balaban J connectivity index is 3.39. The van der Waals surface area contributed by atoms with E-state index in [4.69, 9.17) is 5.11 Å². The molecule has 0 saturated heterocycles. The Hall–Kier alpha value is -0.530. The highest BCUT2D eigenvalue weighted by molar-refractivity contribution is 5.66. The van der Waals surface area contributed by atoms with Crippen molar-refractivity contribution in [1.29, 1.82) is 0 Å². The molecule has 0 amide bonds. The molecular formula is C15H30O2. The summed E-state index contributed by atoms with van der Waals surface area (Å²) in [6, 6.07) is 0. The zero-order chi connectivity index (χ0) is 13.1. The monoisotopic (exact) mass is 242 g/mol. The predicted molar refractivity (Wildman–Crippen MR) is 73.2 cm³/mol. The second-order valence-corrected chi connectivity index (χ2v) is 5.60. The maximum Gasteiger partial charge on any atom is 0.303 e. The van der Waals surface area contributed by atoms with Gasteiger partial charge in [0.2, 0.25) is 0 Å². The van der Waals surface area contributed by atoms with Crippen molar-refractivity contribution in [2.24, 2.45) is 11.8 Å². The SMILES string of the molecule is CCCCCCCCC(C)CC(C)CC(=O)O. The second-order valence-electron chi connectivity index (χ2n) is 5.60. The molecule has 0 aromatic rings. The van der Waals surface area contributed by atoms with Crippen LogP contribution in [0.4, 0.5) is 0 Å². The van der Waals surface area contributed by atoms with Crippen molar-refractivity contribution in [1.82, 2.24) is 0 Å². The van der Waals surface area contributed by atoms with Crippen LogP contribution in [-0.2, 0) is 4.79 Å². The van der Waals surface area contributed by atoms with Gasteiger partial charge in [0, 0.05) is 6.42 Å². The highest BCUT2D eigenvalue weighted by Crippen LogP contribution is 2.20. The van der Waals surface area contributed by atoms with Crippen molar-refractivity contribution in [3.05, 3.63) is 0 Å². The van der Waals surface area contributed by atoms with Gasteiger partial charge in [-0.25, -0.2) is 0 Å². The van der Waals surface area contributed by atoms with Crippen molar-refractivity contribution in [2.45, 2.75) is 78.6 Å². The lowest BCUT2D eigenvalue weighted by molar-refractivity contribution is -0.138. The number of aliphatic carboxylic acids is 1. The van der Waals surface area contributed by atoms with E-state index < -0.39 is 5.97 Å². The van der Waals surface area contributed by atoms with Crippen LogP contribution in [0.1, 0.15) is 78.6 Å². The molecule has 2 nitrogen and oxygen atoms in total. The third-order valence-electron chi connectivity index (χ3n) is 3.38. The number of carboxylic acids is 1. The lowest BCUT2D eigenvalue weighted by Crippen LogP contribution is -2.08. The van der Waals surface area contributed by atoms with Crippen LogP contribution in [0.2, 0.25) is 0 Å². The lowest BCUT2D eigenvalue weighted by Gasteiger charge is -2.15. The highest BCUT2D eigenvalue weighted by Gasteiger charge is 2.11. The Labute approximate surface area is 107 Å². The topological polar surface area (TPSA) is 37.3 Å². The molecular weight excluding hydrogens is 212 g/mol.